The summed E-state index contributed by atoms with van der Waals surface area (Å²) >= 11 is 0. The lowest BCUT2D eigenvalue weighted by molar-refractivity contribution is -0.173. The average Bonchev–Trinajstić information content (AvgIpc) is 3.05. The monoisotopic (exact) mass is 268 g/mol. The lowest BCUT2D eigenvalue weighted by Crippen LogP contribution is -2.43. The molecule has 0 aliphatic heterocycles. The molecule has 0 saturated heterocycles. The van der Waals surface area contributed by atoms with Gasteiger partial charge in [0.05, 0.1) is 6.04 Å². The summed E-state index contributed by atoms with van der Waals surface area (Å²) in [6.07, 6.45) is -1.77. The highest BCUT2D eigenvalue weighted by atomic mass is 19.4. The SMILES string of the molecule is CC(NCCCOCC(F)(F)F)C(=O)NC1CC1. The van der Waals surface area contributed by atoms with Crippen molar-refractivity contribution in [3.63, 3.8) is 0 Å². The third-order valence-corrected chi connectivity index (χ3v) is 2.50. The minimum atomic E-state index is -4.27. The molecule has 1 aliphatic rings. The van der Waals surface area contributed by atoms with Gasteiger partial charge < -0.3 is 15.4 Å². The van der Waals surface area contributed by atoms with Crippen LogP contribution in [-0.4, -0.2) is 43.9 Å². The maximum Gasteiger partial charge on any atom is 0.411 e. The van der Waals surface area contributed by atoms with Crippen LogP contribution in [-0.2, 0) is 9.53 Å². The van der Waals surface area contributed by atoms with Gasteiger partial charge in [-0.3, -0.25) is 4.79 Å². The number of hydrogen-bond donors (Lipinski definition) is 2. The Morgan fingerprint density at radius 1 is 1.44 bits per heavy atom. The molecule has 1 rings (SSSR count). The predicted octanol–water partition coefficient (Wildman–Crippen LogP) is 1.21. The quantitative estimate of drug-likeness (QED) is 0.651. The third-order valence-electron chi connectivity index (χ3n) is 2.50. The van der Waals surface area contributed by atoms with Crippen molar-refractivity contribution in [3.8, 4) is 0 Å². The first-order valence-corrected chi connectivity index (χ1v) is 6.07. The molecule has 1 saturated carbocycles. The van der Waals surface area contributed by atoms with Gasteiger partial charge in [0.15, 0.2) is 0 Å². The van der Waals surface area contributed by atoms with Crippen molar-refractivity contribution < 1.29 is 22.7 Å². The molecule has 0 heterocycles. The fourth-order valence-electron chi connectivity index (χ4n) is 1.33. The Labute approximate surface area is 104 Å². The summed E-state index contributed by atoms with van der Waals surface area (Å²) in [6, 6.07) is -0.00918. The standard InChI is InChI=1S/C11H19F3N2O2/c1-8(10(17)16-9-3-4-9)15-5-2-6-18-7-11(12,13)14/h8-9,15H,2-7H2,1H3,(H,16,17). The molecular formula is C11H19F3N2O2. The van der Waals surface area contributed by atoms with Gasteiger partial charge in [-0.05, 0) is 32.7 Å². The Balaban J connectivity index is 1.94. The first kappa shape index (κ1) is 15.2. The van der Waals surface area contributed by atoms with E-state index < -0.39 is 12.8 Å². The van der Waals surface area contributed by atoms with Crippen LogP contribution < -0.4 is 10.6 Å². The van der Waals surface area contributed by atoms with Crippen molar-refractivity contribution in [1.82, 2.24) is 10.6 Å². The normalized spacial score (nSPS) is 17.6. The van der Waals surface area contributed by atoms with Gasteiger partial charge in [0, 0.05) is 12.6 Å². The molecule has 0 aromatic heterocycles. The number of ether oxygens (including phenoxy) is 1. The van der Waals surface area contributed by atoms with Crippen LogP contribution in [0.15, 0.2) is 0 Å². The van der Waals surface area contributed by atoms with Gasteiger partial charge in [-0.25, -0.2) is 0 Å². The second-order valence-electron chi connectivity index (χ2n) is 4.48. The maximum absolute atomic E-state index is 11.7. The molecular weight excluding hydrogens is 249 g/mol. The van der Waals surface area contributed by atoms with Crippen molar-refractivity contribution in [1.29, 1.82) is 0 Å². The molecule has 1 fully saturated rings. The molecule has 1 unspecified atom stereocenters. The number of halogens is 3. The average molecular weight is 268 g/mol. The van der Waals surface area contributed by atoms with Crippen LogP contribution in [0, 0.1) is 0 Å². The second-order valence-corrected chi connectivity index (χ2v) is 4.48. The Morgan fingerprint density at radius 3 is 2.67 bits per heavy atom. The third kappa shape index (κ3) is 7.50. The zero-order valence-corrected chi connectivity index (χ0v) is 10.3. The number of carbonyl (C=O) groups excluding carboxylic acids is 1. The van der Waals surface area contributed by atoms with Gasteiger partial charge in [-0.1, -0.05) is 0 Å². The molecule has 18 heavy (non-hydrogen) atoms. The number of amides is 1. The summed E-state index contributed by atoms with van der Waals surface area (Å²) in [5, 5.41) is 5.78. The highest BCUT2D eigenvalue weighted by Crippen LogP contribution is 2.18. The molecule has 0 aromatic carbocycles. The number of carbonyl (C=O) groups is 1. The van der Waals surface area contributed by atoms with E-state index in [-0.39, 0.29) is 18.6 Å². The summed E-state index contributed by atoms with van der Waals surface area (Å²) < 4.78 is 39.6. The summed E-state index contributed by atoms with van der Waals surface area (Å²) in [5.74, 6) is -0.0614. The van der Waals surface area contributed by atoms with E-state index in [2.05, 4.69) is 15.4 Å². The molecule has 106 valence electrons. The van der Waals surface area contributed by atoms with E-state index in [1.807, 2.05) is 0 Å². The van der Waals surface area contributed by atoms with Crippen LogP contribution in [0.25, 0.3) is 0 Å². The van der Waals surface area contributed by atoms with E-state index in [1.165, 1.54) is 0 Å². The largest absolute Gasteiger partial charge is 0.411 e. The van der Waals surface area contributed by atoms with Gasteiger partial charge in [0.25, 0.3) is 0 Å². The number of nitrogens with one attached hydrogen (secondary N) is 2. The van der Waals surface area contributed by atoms with Crippen molar-refractivity contribution >= 4 is 5.91 Å². The topological polar surface area (TPSA) is 50.4 Å². The van der Waals surface area contributed by atoms with Crippen molar-refractivity contribution in [2.45, 2.75) is 44.4 Å². The van der Waals surface area contributed by atoms with E-state index in [4.69, 9.17) is 0 Å². The highest BCUT2D eigenvalue weighted by Gasteiger charge is 2.27. The molecule has 0 radical (unpaired) electrons. The molecule has 1 amide bonds. The van der Waals surface area contributed by atoms with E-state index in [0.717, 1.165) is 12.8 Å². The zero-order chi connectivity index (χ0) is 13.6. The molecule has 1 atom stereocenters. The van der Waals surface area contributed by atoms with Crippen LogP contribution in [0.3, 0.4) is 0 Å². The van der Waals surface area contributed by atoms with E-state index >= 15 is 0 Å². The Kier molecular flexibility index (Phi) is 5.87. The molecule has 2 N–H and O–H groups in total. The van der Waals surface area contributed by atoms with Crippen molar-refractivity contribution in [3.05, 3.63) is 0 Å². The maximum atomic E-state index is 11.7. The van der Waals surface area contributed by atoms with Gasteiger partial charge in [-0.2, -0.15) is 13.2 Å². The van der Waals surface area contributed by atoms with Crippen LogP contribution in [0.2, 0.25) is 0 Å². The van der Waals surface area contributed by atoms with Gasteiger partial charge >= 0.3 is 6.18 Å². The molecule has 0 bridgehead atoms. The first-order valence-electron chi connectivity index (χ1n) is 6.07. The Hall–Kier alpha value is -0.820. The molecule has 7 heteroatoms. The lowest BCUT2D eigenvalue weighted by Gasteiger charge is -2.13. The molecule has 4 nitrogen and oxygen atoms in total. The van der Waals surface area contributed by atoms with E-state index in [1.54, 1.807) is 6.92 Å². The van der Waals surface area contributed by atoms with Gasteiger partial charge in [0.1, 0.15) is 6.61 Å². The first-order chi connectivity index (χ1) is 8.38. The minimum absolute atomic E-state index is 0.0312. The van der Waals surface area contributed by atoms with Crippen LogP contribution in [0.5, 0.6) is 0 Å². The van der Waals surface area contributed by atoms with Crippen LogP contribution in [0.1, 0.15) is 26.2 Å². The van der Waals surface area contributed by atoms with Gasteiger partial charge in [0.2, 0.25) is 5.91 Å². The summed E-state index contributed by atoms with van der Waals surface area (Å²) in [4.78, 5) is 11.5. The Morgan fingerprint density at radius 2 is 2.11 bits per heavy atom. The number of alkyl halides is 3. The van der Waals surface area contributed by atoms with Crippen LogP contribution >= 0.6 is 0 Å². The second kappa shape index (κ2) is 6.94. The lowest BCUT2D eigenvalue weighted by atomic mass is 10.3. The van der Waals surface area contributed by atoms with Crippen molar-refractivity contribution in [2.24, 2.45) is 0 Å². The Bertz CT molecular complexity index is 268. The molecule has 0 aromatic rings. The highest BCUT2D eigenvalue weighted by molar-refractivity contribution is 5.81. The summed E-state index contributed by atoms with van der Waals surface area (Å²) in [5.41, 5.74) is 0. The fourth-order valence-corrected chi connectivity index (χ4v) is 1.33. The smallest absolute Gasteiger partial charge is 0.372 e. The summed E-state index contributed by atoms with van der Waals surface area (Å²) in [7, 11) is 0. The van der Waals surface area contributed by atoms with Crippen LogP contribution in [0.4, 0.5) is 13.2 Å². The zero-order valence-electron chi connectivity index (χ0n) is 10.3. The molecule has 1 aliphatic carbocycles. The number of rotatable bonds is 8. The van der Waals surface area contributed by atoms with Gasteiger partial charge in [-0.15, -0.1) is 0 Å². The minimum Gasteiger partial charge on any atom is -0.372 e. The number of hydrogen-bond acceptors (Lipinski definition) is 3. The van der Waals surface area contributed by atoms with E-state index in [9.17, 15) is 18.0 Å². The predicted molar refractivity (Wildman–Crippen MR) is 60.1 cm³/mol. The van der Waals surface area contributed by atoms with E-state index in [0.29, 0.717) is 19.0 Å². The van der Waals surface area contributed by atoms with Crippen molar-refractivity contribution in [2.75, 3.05) is 19.8 Å². The fraction of sp³-hybridized carbons (Fsp3) is 0.909. The summed E-state index contributed by atoms with van der Waals surface area (Å²) in [6.45, 7) is 1.000. The molecule has 0 spiro atoms.